The normalized spacial score (nSPS) is 24.5. The standard InChI is InChI=1S/C25H31ClN4O/c1-28-16-19-12-15-30(24(19)17-28)21-8-6-20(7-9-21)27-25(31)29-13-10-18(11-14-29)22-4-2-3-5-23(22)26/h2-9,18-19,24H,10-17H2,1H3,(H,27,31)/t19-,24+/m1/s1. The van der Waals surface area contributed by atoms with Gasteiger partial charge in [-0.1, -0.05) is 29.8 Å². The minimum Gasteiger partial charge on any atom is -0.367 e. The molecule has 3 aliphatic rings. The summed E-state index contributed by atoms with van der Waals surface area (Å²) in [6.45, 7) is 5.00. The molecule has 5 rings (SSSR count). The van der Waals surface area contributed by atoms with Crippen molar-refractivity contribution in [2.24, 2.45) is 5.92 Å². The number of fused-ring (bicyclic) bond motifs is 1. The minimum atomic E-state index is -0.0102. The first-order chi connectivity index (χ1) is 15.1. The molecule has 2 amide bonds. The summed E-state index contributed by atoms with van der Waals surface area (Å²) in [6.07, 6.45) is 3.17. The van der Waals surface area contributed by atoms with Crippen LogP contribution in [0.4, 0.5) is 16.2 Å². The lowest BCUT2D eigenvalue weighted by molar-refractivity contribution is 0.194. The summed E-state index contributed by atoms with van der Waals surface area (Å²) < 4.78 is 0. The molecule has 0 aliphatic carbocycles. The summed E-state index contributed by atoms with van der Waals surface area (Å²) in [6, 6.07) is 17.1. The van der Waals surface area contributed by atoms with Gasteiger partial charge in [0, 0.05) is 55.2 Å². The first kappa shape index (κ1) is 20.7. The van der Waals surface area contributed by atoms with Crippen LogP contribution in [0.5, 0.6) is 0 Å². The predicted molar refractivity (Wildman–Crippen MR) is 127 cm³/mol. The van der Waals surface area contributed by atoms with Gasteiger partial charge in [-0.15, -0.1) is 0 Å². The van der Waals surface area contributed by atoms with Gasteiger partial charge in [0.1, 0.15) is 0 Å². The van der Waals surface area contributed by atoms with Gasteiger partial charge >= 0.3 is 6.03 Å². The summed E-state index contributed by atoms with van der Waals surface area (Å²) in [5, 5.41) is 3.92. The summed E-state index contributed by atoms with van der Waals surface area (Å²) in [4.78, 5) is 19.7. The SMILES string of the molecule is CN1C[C@H]2CCN(c3ccc(NC(=O)N4CCC(c5ccccc5Cl)CC4)cc3)[C@H]2C1. The number of carbonyl (C=O) groups excluding carboxylic acids is 1. The van der Waals surface area contributed by atoms with Gasteiger partial charge in [-0.05, 0) is 74.0 Å². The van der Waals surface area contributed by atoms with E-state index in [1.54, 1.807) is 0 Å². The first-order valence-corrected chi connectivity index (χ1v) is 11.8. The number of nitrogens with one attached hydrogen (secondary N) is 1. The van der Waals surface area contributed by atoms with E-state index in [1.807, 2.05) is 35.2 Å². The van der Waals surface area contributed by atoms with E-state index in [0.717, 1.165) is 55.6 Å². The van der Waals surface area contributed by atoms with Gasteiger partial charge in [-0.3, -0.25) is 0 Å². The number of likely N-dealkylation sites (N-methyl/N-ethyl adjacent to an activating group) is 1. The van der Waals surface area contributed by atoms with Crippen LogP contribution in [-0.4, -0.2) is 61.6 Å². The molecule has 0 radical (unpaired) electrons. The van der Waals surface area contributed by atoms with E-state index in [9.17, 15) is 4.79 Å². The van der Waals surface area contributed by atoms with Crippen molar-refractivity contribution < 1.29 is 4.79 Å². The van der Waals surface area contributed by atoms with E-state index in [4.69, 9.17) is 11.6 Å². The molecule has 164 valence electrons. The van der Waals surface area contributed by atoms with Crippen LogP contribution in [-0.2, 0) is 0 Å². The zero-order chi connectivity index (χ0) is 21.4. The highest BCUT2D eigenvalue weighted by Crippen LogP contribution is 2.35. The lowest BCUT2D eigenvalue weighted by atomic mass is 9.89. The van der Waals surface area contributed by atoms with E-state index in [1.165, 1.54) is 24.2 Å². The smallest absolute Gasteiger partial charge is 0.321 e. The Morgan fingerprint density at radius 1 is 0.968 bits per heavy atom. The average molecular weight is 439 g/mol. The van der Waals surface area contributed by atoms with Crippen molar-refractivity contribution >= 4 is 29.0 Å². The van der Waals surface area contributed by atoms with Crippen LogP contribution >= 0.6 is 11.6 Å². The summed E-state index contributed by atoms with van der Waals surface area (Å²) in [7, 11) is 2.21. The van der Waals surface area contributed by atoms with Gasteiger partial charge in [0.05, 0.1) is 0 Å². The van der Waals surface area contributed by atoms with Gasteiger partial charge in [0.2, 0.25) is 0 Å². The molecule has 0 saturated carbocycles. The molecule has 6 heteroatoms. The fourth-order valence-electron chi connectivity index (χ4n) is 5.63. The Balaban J connectivity index is 1.16. The van der Waals surface area contributed by atoms with Crippen LogP contribution in [0.3, 0.4) is 0 Å². The van der Waals surface area contributed by atoms with Crippen LogP contribution in [0.2, 0.25) is 5.02 Å². The second-order valence-electron chi connectivity index (χ2n) is 9.29. The summed E-state index contributed by atoms with van der Waals surface area (Å²) in [5.41, 5.74) is 3.33. The van der Waals surface area contributed by atoms with Crippen molar-refractivity contribution in [3.63, 3.8) is 0 Å². The molecule has 2 atom stereocenters. The molecule has 31 heavy (non-hydrogen) atoms. The molecule has 1 N–H and O–H groups in total. The number of rotatable bonds is 3. The van der Waals surface area contributed by atoms with Gasteiger partial charge in [-0.2, -0.15) is 0 Å². The number of nitrogens with zero attached hydrogens (tertiary/aromatic N) is 3. The lowest BCUT2D eigenvalue weighted by Crippen LogP contribution is -2.40. The molecule has 0 bridgehead atoms. The van der Waals surface area contributed by atoms with Crippen molar-refractivity contribution in [2.45, 2.75) is 31.2 Å². The first-order valence-electron chi connectivity index (χ1n) is 11.4. The zero-order valence-corrected chi connectivity index (χ0v) is 18.9. The Hall–Kier alpha value is -2.24. The Bertz CT molecular complexity index is 925. The Kier molecular flexibility index (Phi) is 5.81. The molecule has 3 aliphatic heterocycles. The molecule has 5 nitrogen and oxygen atoms in total. The minimum absolute atomic E-state index is 0.0102. The number of piperidine rings is 1. The molecule has 2 aromatic rings. The van der Waals surface area contributed by atoms with E-state index in [2.05, 4.69) is 40.4 Å². The zero-order valence-electron chi connectivity index (χ0n) is 18.1. The van der Waals surface area contributed by atoms with E-state index < -0.39 is 0 Å². The number of benzene rings is 2. The highest BCUT2D eigenvalue weighted by molar-refractivity contribution is 6.31. The van der Waals surface area contributed by atoms with Crippen LogP contribution in [0.15, 0.2) is 48.5 Å². The second kappa shape index (κ2) is 8.71. The topological polar surface area (TPSA) is 38.8 Å². The van der Waals surface area contributed by atoms with Crippen LogP contribution in [0.25, 0.3) is 0 Å². The van der Waals surface area contributed by atoms with E-state index in [-0.39, 0.29) is 6.03 Å². The average Bonchev–Trinajstić information content (AvgIpc) is 3.34. The van der Waals surface area contributed by atoms with Gasteiger partial charge in [-0.25, -0.2) is 4.79 Å². The Labute approximate surface area is 190 Å². The number of likely N-dealkylation sites (tertiary alicyclic amines) is 2. The van der Waals surface area contributed by atoms with Crippen molar-refractivity contribution in [1.29, 1.82) is 0 Å². The molecule has 0 spiro atoms. The molecule has 3 heterocycles. The molecule has 0 aromatic heterocycles. The molecule has 3 fully saturated rings. The molecular weight excluding hydrogens is 408 g/mol. The van der Waals surface area contributed by atoms with Crippen molar-refractivity contribution in [3.05, 3.63) is 59.1 Å². The highest BCUT2D eigenvalue weighted by Gasteiger charge is 2.40. The maximum Gasteiger partial charge on any atom is 0.321 e. The van der Waals surface area contributed by atoms with Gasteiger partial charge in [0.15, 0.2) is 0 Å². The fourth-order valence-corrected chi connectivity index (χ4v) is 5.92. The Morgan fingerprint density at radius 3 is 2.45 bits per heavy atom. The third-order valence-electron chi connectivity index (χ3n) is 7.31. The molecule has 0 unspecified atom stereocenters. The number of anilines is 2. The van der Waals surface area contributed by atoms with Crippen molar-refractivity contribution in [2.75, 3.05) is 50.0 Å². The van der Waals surface area contributed by atoms with E-state index >= 15 is 0 Å². The van der Waals surface area contributed by atoms with Gasteiger partial charge < -0.3 is 20.0 Å². The van der Waals surface area contributed by atoms with E-state index in [0.29, 0.717) is 12.0 Å². The number of halogens is 1. The number of carbonyl (C=O) groups is 1. The van der Waals surface area contributed by atoms with Crippen molar-refractivity contribution in [1.82, 2.24) is 9.80 Å². The number of hydrogen-bond donors (Lipinski definition) is 1. The fraction of sp³-hybridized carbons (Fsp3) is 0.480. The van der Waals surface area contributed by atoms with Crippen molar-refractivity contribution in [3.8, 4) is 0 Å². The maximum atomic E-state index is 12.8. The van der Waals surface area contributed by atoms with Crippen LogP contribution < -0.4 is 10.2 Å². The summed E-state index contributed by atoms with van der Waals surface area (Å²) >= 11 is 6.36. The monoisotopic (exact) mass is 438 g/mol. The quantitative estimate of drug-likeness (QED) is 0.741. The molecule has 3 saturated heterocycles. The largest absolute Gasteiger partial charge is 0.367 e. The third-order valence-corrected chi connectivity index (χ3v) is 7.65. The predicted octanol–water partition coefficient (Wildman–Crippen LogP) is 4.89. The van der Waals surface area contributed by atoms with Crippen LogP contribution in [0, 0.1) is 5.92 Å². The number of urea groups is 1. The third kappa shape index (κ3) is 4.26. The summed E-state index contributed by atoms with van der Waals surface area (Å²) in [5.74, 6) is 1.22. The highest BCUT2D eigenvalue weighted by atomic mass is 35.5. The lowest BCUT2D eigenvalue weighted by Gasteiger charge is -2.32. The maximum absolute atomic E-state index is 12.8. The Morgan fingerprint density at radius 2 is 1.71 bits per heavy atom. The molecule has 2 aromatic carbocycles. The number of hydrogen-bond acceptors (Lipinski definition) is 3. The van der Waals surface area contributed by atoms with Crippen LogP contribution in [0.1, 0.15) is 30.7 Å². The molecular formula is C25H31ClN4O. The number of amides is 2. The second-order valence-corrected chi connectivity index (χ2v) is 9.70. The van der Waals surface area contributed by atoms with Gasteiger partial charge in [0.25, 0.3) is 0 Å².